The Bertz CT molecular complexity index is 699. The largest absolute Gasteiger partial charge is 0.489 e. The van der Waals surface area contributed by atoms with Crippen LogP contribution in [0, 0.1) is 0 Å². The number of rotatable bonds is 7. The molecule has 0 unspecified atom stereocenters. The van der Waals surface area contributed by atoms with Crippen molar-refractivity contribution < 1.29 is 4.74 Å². The highest BCUT2D eigenvalue weighted by molar-refractivity contribution is 9.10. The summed E-state index contributed by atoms with van der Waals surface area (Å²) in [4.78, 5) is 0. The zero-order valence-corrected chi connectivity index (χ0v) is 15.3. The standard InChI is InChI=1S/C17H15BrCl2N2O/c1-2-8-23-17-7-6-13(18)9-12(17)10-21-22-11-14-15(19)4-3-5-16(14)20/h2-7,9-10,22H,1,8,11H2/b21-10+. The molecule has 0 fully saturated rings. The number of hydrazone groups is 1. The van der Waals surface area contributed by atoms with Crippen molar-refractivity contribution in [2.75, 3.05) is 6.61 Å². The molecule has 1 N–H and O–H groups in total. The van der Waals surface area contributed by atoms with Gasteiger partial charge < -0.3 is 10.2 Å². The van der Waals surface area contributed by atoms with Gasteiger partial charge in [0, 0.05) is 25.6 Å². The predicted molar refractivity (Wildman–Crippen MR) is 101 cm³/mol. The number of ether oxygens (including phenoxy) is 1. The molecule has 120 valence electrons. The lowest BCUT2D eigenvalue weighted by Crippen LogP contribution is -2.07. The van der Waals surface area contributed by atoms with Crippen molar-refractivity contribution in [2.45, 2.75) is 6.54 Å². The third-order valence-electron chi connectivity index (χ3n) is 2.94. The van der Waals surface area contributed by atoms with E-state index in [0.29, 0.717) is 23.2 Å². The van der Waals surface area contributed by atoms with Gasteiger partial charge >= 0.3 is 0 Å². The third-order valence-corrected chi connectivity index (χ3v) is 4.14. The number of nitrogens with zero attached hydrogens (tertiary/aromatic N) is 1. The van der Waals surface area contributed by atoms with Crippen LogP contribution in [0.15, 0.2) is 58.6 Å². The molecule has 0 amide bonds. The lowest BCUT2D eigenvalue weighted by atomic mass is 10.2. The number of halogens is 3. The fourth-order valence-electron chi connectivity index (χ4n) is 1.84. The van der Waals surface area contributed by atoms with E-state index >= 15 is 0 Å². The monoisotopic (exact) mass is 412 g/mol. The second-order valence-corrected chi connectivity index (χ2v) is 6.31. The zero-order valence-electron chi connectivity index (χ0n) is 12.2. The Labute approximate surface area is 154 Å². The molecule has 0 heterocycles. The van der Waals surface area contributed by atoms with Crippen molar-refractivity contribution in [3.63, 3.8) is 0 Å². The van der Waals surface area contributed by atoms with Gasteiger partial charge in [0.1, 0.15) is 12.4 Å². The van der Waals surface area contributed by atoms with Crippen LogP contribution < -0.4 is 10.2 Å². The molecule has 2 aromatic carbocycles. The van der Waals surface area contributed by atoms with E-state index in [2.05, 4.69) is 33.0 Å². The zero-order chi connectivity index (χ0) is 16.7. The first-order chi connectivity index (χ1) is 11.1. The van der Waals surface area contributed by atoms with E-state index in [0.717, 1.165) is 21.3 Å². The summed E-state index contributed by atoms with van der Waals surface area (Å²) in [6, 6.07) is 11.1. The van der Waals surface area contributed by atoms with Gasteiger partial charge in [0.05, 0.1) is 12.8 Å². The SMILES string of the molecule is C=CCOc1ccc(Br)cc1/C=N/NCc1c(Cl)cccc1Cl. The van der Waals surface area contributed by atoms with Crippen molar-refractivity contribution in [1.29, 1.82) is 0 Å². The molecule has 3 nitrogen and oxygen atoms in total. The fourth-order valence-corrected chi connectivity index (χ4v) is 2.75. The van der Waals surface area contributed by atoms with Gasteiger partial charge in [0.25, 0.3) is 0 Å². The molecule has 0 aromatic heterocycles. The molecule has 0 spiro atoms. The summed E-state index contributed by atoms with van der Waals surface area (Å²) >= 11 is 15.7. The quantitative estimate of drug-likeness (QED) is 0.372. The van der Waals surface area contributed by atoms with Gasteiger partial charge in [-0.05, 0) is 30.3 Å². The van der Waals surface area contributed by atoms with Gasteiger partial charge in [-0.1, -0.05) is 57.9 Å². The molecule has 0 saturated carbocycles. The van der Waals surface area contributed by atoms with Gasteiger partial charge in [-0.25, -0.2) is 0 Å². The first kappa shape index (κ1) is 17.9. The maximum atomic E-state index is 6.12. The van der Waals surface area contributed by atoms with Gasteiger partial charge in [0.15, 0.2) is 0 Å². The number of nitrogens with one attached hydrogen (secondary N) is 1. The van der Waals surface area contributed by atoms with Gasteiger partial charge in [-0.2, -0.15) is 5.10 Å². The Balaban J connectivity index is 2.05. The van der Waals surface area contributed by atoms with Crippen LogP contribution >= 0.6 is 39.1 Å². The van der Waals surface area contributed by atoms with Crippen molar-refractivity contribution in [2.24, 2.45) is 5.10 Å². The van der Waals surface area contributed by atoms with Crippen molar-refractivity contribution in [3.8, 4) is 5.75 Å². The van der Waals surface area contributed by atoms with Crippen LogP contribution in [0.4, 0.5) is 0 Å². The average molecular weight is 414 g/mol. The van der Waals surface area contributed by atoms with Gasteiger partial charge in [0.2, 0.25) is 0 Å². The van der Waals surface area contributed by atoms with Crippen LogP contribution in [0.5, 0.6) is 5.75 Å². The minimum Gasteiger partial charge on any atom is -0.489 e. The molecule has 0 aliphatic heterocycles. The Hall–Kier alpha value is -1.49. The molecule has 23 heavy (non-hydrogen) atoms. The van der Waals surface area contributed by atoms with Crippen LogP contribution in [0.3, 0.4) is 0 Å². The van der Waals surface area contributed by atoms with E-state index < -0.39 is 0 Å². The maximum absolute atomic E-state index is 6.12. The summed E-state index contributed by atoms with van der Waals surface area (Å²) in [5.41, 5.74) is 4.60. The molecule has 2 rings (SSSR count). The smallest absolute Gasteiger partial charge is 0.128 e. The first-order valence-corrected chi connectivity index (χ1v) is 8.38. The second kappa shape index (κ2) is 8.96. The summed E-state index contributed by atoms with van der Waals surface area (Å²) in [5, 5.41) is 5.43. The highest BCUT2D eigenvalue weighted by Crippen LogP contribution is 2.24. The van der Waals surface area contributed by atoms with E-state index in [1.54, 1.807) is 24.4 Å². The van der Waals surface area contributed by atoms with Crippen molar-refractivity contribution in [1.82, 2.24) is 5.43 Å². The molecule has 0 aliphatic rings. The van der Waals surface area contributed by atoms with Crippen molar-refractivity contribution >= 4 is 45.3 Å². The van der Waals surface area contributed by atoms with Crippen LogP contribution in [-0.4, -0.2) is 12.8 Å². The molecule has 2 aromatic rings. The van der Waals surface area contributed by atoms with Crippen molar-refractivity contribution in [3.05, 3.63) is 74.7 Å². The Kier molecular flexibility index (Phi) is 6.96. The highest BCUT2D eigenvalue weighted by Gasteiger charge is 2.05. The van der Waals surface area contributed by atoms with E-state index in [4.69, 9.17) is 27.9 Å². The topological polar surface area (TPSA) is 33.6 Å². The van der Waals surface area contributed by atoms with E-state index in [9.17, 15) is 0 Å². The maximum Gasteiger partial charge on any atom is 0.128 e. The summed E-state index contributed by atoms with van der Waals surface area (Å²) < 4.78 is 6.54. The fraction of sp³-hybridized carbons (Fsp3) is 0.118. The second-order valence-electron chi connectivity index (χ2n) is 4.58. The Morgan fingerprint density at radius 3 is 2.65 bits per heavy atom. The number of hydrogen-bond acceptors (Lipinski definition) is 3. The minimum atomic E-state index is 0.436. The molecule has 0 bridgehead atoms. The lowest BCUT2D eigenvalue weighted by molar-refractivity contribution is 0.362. The molecular formula is C17H15BrCl2N2O. The molecule has 0 saturated heterocycles. The molecule has 6 heteroatoms. The summed E-state index contributed by atoms with van der Waals surface area (Å²) in [6.45, 7) is 4.52. The van der Waals surface area contributed by atoms with Gasteiger partial charge in [-0.15, -0.1) is 0 Å². The number of hydrogen-bond donors (Lipinski definition) is 1. The summed E-state index contributed by atoms with van der Waals surface area (Å²) in [5.74, 6) is 0.731. The molecular weight excluding hydrogens is 399 g/mol. The Morgan fingerprint density at radius 2 is 1.96 bits per heavy atom. The minimum absolute atomic E-state index is 0.436. The summed E-state index contributed by atoms with van der Waals surface area (Å²) in [6.07, 6.45) is 3.38. The normalized spacial score (nSPS) is 10.7. The molecule has 0 aliphatic carbocycles. The number of benzene rings is 2. The lowest BCUT2D eigenvalue weighted by Gasteiger charge is -2.08. The summed E-state index contributed by atoms with van der Waals surface area (Å²) in [7, 11) is 0. The molecule has 0 atom stereocenters. The van der Waals surface area contributed by atoms with E-state index in [1.807, 2.05) is 24.3 Å². The third kappa shape index (κ3) is 5.27. The molecule has 0 radical (unpaired) electrons. The van der Waals surface area contributed by atoms with Crippen LogP contribution in [0.1, 0.15) is 11.1 Å². The van der Waals surface area contributed by atoms with E-state index in [-0.39, 0.29) is 0 Å². The highest BCUT2D eigenvalue weighted by atomic mass is 79.9. The van der Waals surface area contributed by atoms with Gasteiger partial charge in [-0.3, -0.25) is 0 Å². The van der Waals surface area contributed by atoms with E-state index in [1.165, 1.54) is 0 Å². The average Bonchev–Trinajstić information content (AvgIpc) is 2.53. The van der Waals surface area contributed by atoms with Crippen LogP contribution in [0.25, 0.3) is 0 Å². The first-order valence-electron chi connectivity index (χ1n) is 6.84. The van der Waals surface area contributed by atoms with Crippen LogP contribution in [0.2, 0.25) is 10.0 Å². The van der Waals surface area contributed by atoms with Crippen LogP contribution in [-0.2, 0) is 6.54 Å². The predicted octanol–water partition coefficient (Wildman–Crippen LogP) is 5.44. The Morgan fingerprint density at radius 1 is 1.22 bits per heavy atom.